The van der Waals surface area contributed by atoms with Gasteiger partial charge in [-0.25, -0.2) is 0 Å². The number of benzene rings is 2. The number of nitrogens with zero attached hydrogens (tertiary/aromatic N) is 3. The van der Waals surface area contributed by atoms with Crippen molar-refractivity contribution in [2.45, 2.75) is 92.4 Å². The molecule has 3 heteroatoms. The molecule has 0 saturated carbocycles. The molecule has 1 heterocycles. The Bertz CT molecular complexity index is 1270. The van der Waals surface area contributed by atoms with E-state index in [0.717, 1.165) is 29.8 Å². The van der Waals surface area contributed by atoms with Crippen LogP contribution in [-0.4, -0.2) is 24.5 Å². The first-order valence-corrected chi connectivity index (χ1v) is 13.8. The highest BCUT2D eigenvalue weighted by atomic mass is 14.7. The molecule has 0 amide bonds. The van der Waals surface area contributed by atoms with Crippen molar-refractivity contribution in [1.29, 1.82) is 0 Å². The summed E-state index contributed by atoms with van der Waals surface area (Å²) >= 11 is 0. The Kier molecular flexibility index (Phi) is 8.78. The second-order valence-corrected chi connectivity index (χ2v) is 12.7. The summed E-state index contributed by atoms with van der Waals surface area (Å²) in [5.41, 5.74) is 6.92. The molecule has 2 unspecified atom stereocenters. The number of hydrogen-bond donors (Lipinski definition) is 0. The molecule has 0 fully saturated rings. The smallest absolute Gasteiger partial charge is 0.0713 e. The Balaban J connectivity index is 1.85. The fourth-order valence-corrected chi connectivity index (χ4v) is 5.39. The zero-order valence-corrected chi connectivity index (χ0v) is 24.8. The first-order chi connectivity index (χ1) is 17.3. The molecule has 3 rings (SSSR count). The summed E-state index contributed by atoms with van der Waals surface area (Å²) in [6.07, 6.45) is 4.18. The van der Waals surface area contributed by atoms with Crippen molar-refractivity contribution >= 4 is 28.9 Å². The Morgan fingerprint density at radius 1 is 0.919 bits per heavy atom. The molecule has 2 atom stereocenters. The monoisotopic (exact) mass is 497 g/mol. The molecule has 0 aliphatic carbocycles. The fraction of sp³-hybridized carbons (Fsp3) is 0.500. The lowest BCUT2D eigenvalue weighted by molar-refractivity contribution is 0.365. The Morgan fingerprint density at radius 2 is 1.59 bits per heavy atom. The summed E-state index contributed by atoms with van der Waals surface area (Å²) in [7, 11) is 1.87. The molecule has 2 aromatic carbocycles. The molecular weight excluding hydrogens is 450 g/mol. The zero-order valence-electron chi connectivity index (χ0n) is 24.8. The van der Waals surface area contributed by atoms with Gasteiger partial charge in [-0.1, -0.05) is 80.5 Å². The molecule has 0 N–H and O–H groups in total. The van der Waals surface area contributed by atoms with Crippen LogP contribution >= 0.6 is 0 Å². The highest BCUT2D eigenvalue weighted by Crippen LogP contribution is 2.38. The van der Waals surface area contributed by atoms with Crippen molar-refractivity contribution < 1.29 is 0 Å². The summed E-state index contributed by atoms with van der Waals surface area (Å²) in [4.78, 5) is 13.9. The van der Waals surface area contributed by atoms with Crippen LogP contribution in [0, 0.1) is 11.3 Å². The van der Waals surface area contributed by atoms with E-state index in [-0.39, 0.29) is 10.8 Å². The summed E-state index contributed by atoms with van der Waals surface area (Å²) in [6.45, 7) is 24.4. The van der Waals surface area contributed by atoms with Crippen LogP contribution in [0.5, 0.6) is 0 Å². The molecule has 1 aromatic heterocycles. The van der Waals surface area contributed by atoms with Crippen molar-refractivity contribution in [3.8, 4) is 0 Å². The molecule has 0 aliphatic heterocycles. The van der Waals surface area contributed by atoms with Crippen LogP contribution in [0.25, 0.3) is 10.8 Å². The van der Waals surface area contributed by atoms with E-state index in [1.807, 2.05) is 13.2 Å². The second kappa shape index (κ2) is 11.3. The summed E-state index contributed by atoms with van der Waals surface area (Å²) in [5.74, 6) is 1.44. The van der Waals surface area contributed by atoms with Gasteiger partial charge in [-0.3, -0.25) is 15.0 Å². The van der Waals surface area contributed by atoms with Gasteiger partial charge in [-0.2, -0.15) is 0 Å². The van der Waals surface area contributed by atoms with Crippen LogP contribution in [0.2, 0.25) is 0 Å². The first kappa shape index (κ1) is 28.8. The minimum absolute atomic E-state index is 0.0147. The van der Waals surface area contributed by atoms with E-state index in [0.29, 0.717) is 17.8 Å². The summed E-state index contributed by atoms with van der Waals surface area (Å²) in [6, 6.07) is 15.6. The number of aromatic nitrogens is 1. The average molecular weight is 498 g/mol. The molecule has 0 spiro atoms. The summed E-state index contributed by atoms with van der Waals surface area (Å²) in [5, 5.41) is 2.57. The predicted molar refractivity (Wildman–Crippen MR) is 163 cm³/mol. The van der Waals surface area contributed by atoms with Crippen LogP contribution in [-0.2, 0) is 5.41 Å². The maximum Gasteiger partial charge on any atom is 0.0713 e. The van der Waals surface area contributed by atoms with Gasteiger partial charge in [0.1, 0.15) is 0 Å². The Hall–Kier alpha value is -2.81. The van der Waals surface area contributed by atoms with Gasteiger partial charge < -0.3 is 0 Å². The van der Waals surface area contributed by atoms with Gasteiger partial charge in [-0.05, 0) is 78.1 Å². The maximum atomic E-state index is 4.91. The Labute approximate surface area is 225 Å². The SMILES string of the molecule is C=Nc1ccc(C(C)C(C)CCC(C)(C)c2nccc3ccc(C(C)C)cc23)cc1/C(=N\C)C(C)(C)C. The normalized spacial score (nSPS) is 14.7. The zero-order chi connectivity index (χ0) is 27.5. The van der Waals surface area contributed by atoms with Crippen molar-refractivity contribution in [3.05, 3.63) is 71.0 Å². The van der Waals surface area contributed by atoms with Gasteiger partial charge in [0.15, 0.2) is 0 Å². The van der Waals surface area contributed by atoms with Crippen LogP contribution in [0.4, 0.5) is 5.69 Å². The van der Waals surface area contributed by atoms with Gasteiger partial charge >= 0.3 is 0 Å². The summed E-state index contributed by atoms with van der Waals surface area (Å²) < 4.78 is 0. The highest BCUT2D eigenvalue weighted by molar-refractivity contribution is 6.08. The van der Waals surface area contributed by atoms with Crippen LogP contribution < -0.4 is 0 Å². The third kappa shape index (κ3) is 6.37. The van der Waals surface area contributed by atoms with Crippen molar-refractivity contribution in [1.82, 2.24) is 4.98 Å². The second-order valence-electron chi connectivity index (χ2n) is 12.7. The number of pyridine rings is 1. The molecule has 0 aliphatic rings. The topological polar surface area (TPSA) is 37.6 Å². The Morgan fingerprint density at radius 3 is 2.19 bits per heavy atom. The molecule has 3 aromatic rings. The van der Waals surface area contributed by atoms with Gasteiger partial charge in [-0.15, -0.1) is 0 Å². The molecular formula is C34H47N3. The van der Waals surface area contributed by atoms with E-state index in [1.54, 1.807) is 0 Å². The number of hydrogen-bond acceptors (Lipinski definition) is 3. The van der Waals surface area contributed by atoms with E-state index in [1.165, 1.54) is 27.6 Å². The van der Waals surface area contributed by atoms with Gasteiger partial charge in [0, 0.05) is 40.7 Å². The van der Waals surface area contributed by atoms with Crippen molar-refractivity contribution in [2.75, 3.05) is 7.05 Å². The van der Waals surface area contributed by atoms with Crippen molar-refractivity contribution in [2.24, 2.45) is 21.3 Å². The number of rotatable bonds is 9. The van der Waals surface area contributed by atoms with Crippen LogP contribution in [0.3, 0.4) is 0 Å². The average Bonchev–Trinajstić information content (AvgIpc) is 2.85. The molecule has 0 radical (unpaired) electrons. The highest BCUT2D eigenvalue weighted by Gasteiger charge is 2.28. The fourth-order valence-electron chi connectivity index (χ4n) is 5.39. The van der Waals surface area contributed by atoms with Crippen LogP contribution in [0.1, 0.15) is 109 Å². The van der Waals surface area contributed by atoms with E-state index < -0.39 is 0 Å². The van der Waals surface area contributed by atoms with Crippen LogP contribution in [0.15, 0.2) is 58.6 Å². The standard InChI is InChI=1S/C34H47N3/c1-22(2)26-13-12-25-17-19-37-32(28(25)20-26)34(8,9)18-16-23(3)24(4)27-14-15-30(35-10)29(21-27)31(36-11)33(5,6)7/h12-15,17,19-24H,10,16,18H2,1-9,11H3/b36-31+. The molecule has 3 nitrogen and oxygen atoms in total. The van der Waals surface area contributed by atoms with Crippen molar-refractivity contribution in [3.63, 3.8) is 0 Å². The number of fused-ring (bicyclic) bond motifs is 1. The lowest BCUT2D eigenvalue weighted by atomic mass is 9.76. The van der Waals surface area contributed by atoms with Gasteiger partial charge in [0.05, 0.1) is 11.4 Å². The third-order valence-corrected chi connectivity index (χ3v) is 8.08. The quantitative estimate of drug-likeness (QED) is 0.271. The molecule has 198 valence electrons. The lowest BCUT2D eigenvalue weighted by Gasteiger charge is -2.30. The van der Waals surface area contributed by atoms with E-state index in [4.69, 9.17) is 4.98 Å². The minimum atomic E-state index is -0.0629. The minimum Gasteiger partial charge on any atom is -0.292 e. The van der Waals surface area contributed by atoms with Gasteiger partial charge in [0.2, 0.25) is 0 Å². The first-order valence-electron chi connectivity index (χ1n) is 13.8. The van der Waals surface area contributed by atoms with E-state index in [9.17, 15) is 0 Å². The van der Waals surface area contributed by atoms with Gasteiger partial charge in [0.25, 0.3) is 0 Å². The molecule has 0 saturated heterocycles. The number of aliphatic imine (C=N–C) groups is 2. The molecule has 37 heavy (non-hydrogen) atoms. The predicted octanol–water partition coefficient (Wildman–Crippen LogP) is 9.65. The third-order valence-electron chi connectivity index (χ3n) is 8.08. The van der Waals surface area contributed by atoms with E-state index in [2.05, 4.69) is 121 Å². The maximum absolute atomic E-state index is 4.91. The van der Waals surface area contributed by atoms with E-state index >= 15 is 0 Å². The largest absolute Gasteiger partial charge is 0.292 e. The molecule has 0 bridgehead atoms. The lowest BCUT2D eigenvalue weighted by Crippen LogP contribution is -2.23.